The number of benzene rings is 1. The van der Waals surface area contributed by atoms with Crippen LogP contribution >= 0.6 is 0 Å². The van der Waals surface area contributed by atoms with Crippen LogP contribution < -0.4 is 10.5 Å². The van der Waals surface area contributed by atoms with E-state index in [1.807, 2.05) is 0 Å². The van der Waals surface area contributed by atoms with Gasteiger partial charge in [0.15, 0.2) is 0 Å². The van der Waals surface area contributed by atoms with Gasteiger partial charge in [-0.25, -0.2) is 4.98 Å². The Balaban J connectivity index is 2.39. The van der Waals surface area contributed by atoms with E-state index >= 15 is 0 Å². The Labute approximate surface area is 107 Å². The van der Waals surface area contributed by atoms with Gasteiger partial charge in [-0.05, 0) is 19.1 Å². The fourth-order valence-electron chi connectivity index (χ4n) is 1.66. The first-order chi connectivity index (χ1) is 8.93. The molecule has 102 valence electrons. The van der Waals surface area contributed by atoms with Crippen molar-refractivity contribution < 1.29 is 17.9 Å². The summed E-state index contributed by atoms with van der Waals surface area (Å²) in [5.74, 6) is 0.0392. The van der Waals surface area contributed by atoms with Gasteiger partial charge in [0.2, 0.25) is 0 Å². The molecule has 2 aromatic rings. The van der Waals surface area contributed by atoms with Gasteiger partial charge in [0.25, 0.3) is 0 Å². The SMILES string of the molecule is CCn1c(N)cnc1Oc1ccccc1C(F)(F)F. The molecule has 0 saturated carbocycles. The predicted octanol–water partition coefficient (Wildman–Crippen LogP) is 3.30. The number of nitrogen functional groups attached to an aromatic ring is 1. The molecule has 0 aliphatic heterocycles. The minimum absolute atomic E-state index is 0.0386. The summed E-state index contributed by atoms with van der Waals surface area (Å²) >= 11 is 0. The average Bonchev–Trinajstić information content (AvgIpc) is 2.69. The Bertz CT molecular complexity index is 578. The van der Waals surface area contributed by atoms with Crippen LogP contribution in [0.15, 0.2) is 30.5 Å². The van der Waals surface area contributed by atoms with Gasteiger partial charge in [-0.1, -0.05) is 12.1 Å². The van der Waals surface area contributed by atoms with Gasteiger partial charge in [-0.15, -0.1) is 0 Å². The second kappa shape index (κ2) is 4.83. The van der Waals surface area contributed by atoms with Crippen molar-refractivity contribution in [1.29, 1.82) is 0 Å². The van der Waals surface area contributed by atoms with E-state index in [1.54, 1.807) is 6.92 Å². The monoisotopic (exact) mass is 271 g/mol. The summed E-state index contributed by atoms with van der Waals surface area (Å²) in [6.45, 7) is 2.25. The first-order valence-electron chi connectivity index (χ1n) is 5.58. The highest BCUT2D eigenvalue weighted by molar-refractivity contribution is 5.39. The Morgan fingerprint density at radius 2 is 2.00 bits per heavy atom. The van der Waals surface area contributed by atoms with E-state index < -0.39 is 11.7 Å². The summed E-state index contributed by atoms with van der Waals surface area (Å²) in [4.78, 5) is 3.85. The van der Waals surface area contributed by atoms with Crippen LogP contribution in [0.4, 0.5) is 19.0 Å². The zero-order valence-electron chi connectivity index (χ0n) is 10.1. The first-order valence-corrected chi connectivity index (χ1v) is 5.58. The van der Waals surface area contributed by atoms with Crippen molar-refractivity contribution >= 4 is 5.82 Å². The maximum Gasteiger partial charge on any atom is 0.419 e. The van der Waals surface area contributed by atoms with Crippen LogP contribution in [-0.2, 0) is 12.7 Å². The molecule has 0 aliphatic rings. The number of rotatable bonds is 3. The molecule has 1 aromatic heterocycles. The van der Waals surface area contributed by atoms with Gasteiger partial charge in [0.05, 0.1) is 11.8 Å². The largest absolute Gasteiger partial charge is 0.425 e. The molecule has 0 unspecified atom stereocenters. The van der Waals surface area contributed by atoms with Gasteiger partial charge >= 0.3 is 12.2 Å². The van der Waals surface area contributed by atoms with Crippen LogP contribution in [-0.4, -0.2) is 9.55 Å². The Kier molecular flexibility index (Phi) is 3.37. The number of halogens is 3. The van der Waals surface area contributed by atoms with Crippen LogP contribution in [0, 0.1) is 0 Å². The Hall–Kier alpha value is -2.18. The fraction of sp³-hybridized carbons (Fsp3) is 0.250. The standard InChI is InChI=1S/C12H12F3N3O/c1-2-18-10(16)7-17-11(18)19-9-6-4-3-5-8(9)12(13,14)15/h3-7H,2,16H2,1H3. The lowest BCUT2D eigenvalue weighted by atomic mass is 10.2. The minimum atomic E-state index is -4.48. The zero-order valence-corrected chi connectivity index (χ0v) is 10.1. The molecule has 0 fully saturated rings. The summed E-state index contributed by atoms with van der Waals surface area (Å²) in [6.07, 6.45) is -3.14. The molecular formula is C12H12F3N3O. The fourth-order valence-corrected chi connectivity index (χ4v) is 1.66. The molecule has 0 radical (unpaired) electrons. The van der Waals surface area contributed by atoms with Crippen molar-refractivity contribution in [2.75, 3.05) is 5.73 Å². The predicted molar refractivity (Wildman–Crippen MR) is 63.8 cm³/mol. The zero-order chi connectivity index (χ0) is 14.0. The summed E-state index contributed by atoms with van der Waals surface area (Å²) in [5.41, 5.74) is 4.78. The van der Waals surface area contributed by atoms with Crippen molar-refractivity contribution in [2.45, 2.75) is 19.6 Å². The molecule has 2 rings (SSSR count). The number of nitrogens with zero attached hydrogens (tertiary/aromatic N) is 2. The lowest BCUT2D eigenvalue weighted by Gasteiger charge is -2.13. The second-order valence-corrected chi connectivity index (χ2v) is 3.81. The molecule has 4 nitrogen and oxygen atoms in total. The minimum Gasteiger partial charge on any atom is -0.425 e. The number of anilines is 1. The molecule has 7 heteroatoms. The molecule has 2 N–H and O–H groups in total. The number of hydrogen-bond acceptors (Lipinski definition) is 3. The molecule has 0 bridgehead atoms. The quantitative estimate of drug-likeness (QED) is 0.931. The second-order valence-electron chi connectivity index (χ2n) is 3.81. The van der Waals surface area contributed by atoms with Crippen LogP contribution in [0.1, 0.15) is 12.5 Å². The third-order valence-corrected chi connectivity index (χ3v) is 2.56. The van der Waals surface area contributed by atoms with Crippen molar-refractivity contribution in [3.05, 3.63) is 36.0 Å². The van der Waals surface area contributed by atoms with Gasteiger partial charge < -0.3 is 10.5 Å². The topological polar surface area (TPSA) is 53.1 Å². The molecule has 19 heavy (non-hydrogen) atoms. The number of hydrogen-bond donors (Lipinski definition) is 1. The average molecular weight is 271 g/mol. The summed E-state index contributed by atoms with van der Waals surface area (Å²) in [6, 6.07) is 5.01. The lowest BCUT2D eigenvalue weighted by molar-refractivity contribution is -0.138. The van der Waals surface area contributed by atoms with E-state index in [4.69, 9.17) is 10.5 Å². The van der Waals surface area contributed by atoms with Crippen molar-refractivity contribution in [2.24, 2.45) is 0 Å². The van der Waals surface area contributed by atoms with Gasteiger partial charge in [0.1, 0.15) is 11.6 Å². The Morgan fingerprint density at radius 1 is 1.32 bits per heavy atom. The van der Waals surface area contributed by atoms with Gasteiger partial charge in [0, 0.05) is 6.54 Å². The van der Waals surface area contributed by atoms with Crippen molar-refractivity contribution in [1.82, 2.24) is 9.55 Å². The highest BCUT2D eigenvalue weighted by Gasteiger charge is 2.34. The lowest BCUT2D eigenvalue weighted by Crippen LogP contribution is -2.08. The van der Waals surface area contributed by atoms with Crippen LogP contribution in [0.3, 0.4) is 0 Å². The third kappa shape index (κ3) is 2.64. The molecule has 0 aliphatic carbocycles. The van der Waals surface area contributed by atoms with Crippen molar-refractivity contribution in [3.63, 3.8) is 0 Å². The molecular weight excluding hydrogens is 259 g/mol. The maximum atomic E-state index is 12.8. The molecule has 1 heterocycles. The molecule has 1 aromatic carbocycles. The van der Waals surface area contributed by atoms with Crippen molar-refractivity contribution in [3.8, 4) is 11.8 Å². The number of alkyl halides is 3. The van der Waals surface area contributed by atoms with Gasteiger partial charge in [-0.3, -0.25) is 4.57 Å². The normalized spacial score (nSPS) is 11.6. The summed E-state index contributed by atoms with van der Waals surface area (Å²) < 4.78 is 45.1. The highest BCUT2D eigenvalue weighted by Crippen LogP contribution is 2.37. The third-order valence-electron chi connectivity index (χ3n) is 2.56. The number of nitrogens with two attached hydrogens (primary N) is 1. The highest BCUT2D eigenvalue weighted by atomic mass is 19.4. The molecule has 0 spiro atoms. The number of aromatic nitrogens is 2. The number of imidazole rings is 1. The summed E-state index contributed by atoms with van der Waals surface area (Å²) in [5, 5.41) is 0. The molecule has 0 saturated heterocycles. The van der Waals surface area contributed by atoms with E-state index in [0.717, 1.165) is 6.07 Å². The number of ether oxygens (including phenoxy) is 1. The molecule has 0 atom stereocenters. The van der Waals surface area contributed by atoms with E-state index in [-0.39, 0.29) is 11.8 Å². The van der Waals surface area contributed by atoms with E-state index in [9.17, 15) is 13.2 Å². The Morgan fingerprint density at radius 3 is 2.63 bits per heavy atom. The smallest absolute Gasteiger partial charge is 0.419 e. The molecule has 0 amide bonds. The summed E-state index contributed by atoms with van der Waals surface area (Å²) in [7, 11) is 0. The maximum absolute atomic E-state index is 12.8. The number of para-hydroxylation sites is 1. The van der Waals surface area contributed by atoms with Crippen LogP contribution in [0.2, 0.25) is 0 Å². The first kappa shape index (κ1) is 13.3. The van der Waals surface area contributed by atoms with Crippen LogP contribution in [0.5, 0.6) is 11.8 Å². The van der Waals surface area contributed by atoms with Crippen LogP contribution in [0.25, 0.3) is 0 Å². The van der Waals surface area contributed by atoms with E-state index in [2.05, 4.69) is 4.98 Å². The van der Waals surface area contributed by atoms with E-state index in [1.165, 1.54) is 29.0 Å². The van der Waals surface area contributed by atoms with E-state index in [0.29, 0.717) is 12.4 Å². The van der Waals surface area contributed by atoms with Gasteiger partial charge in [-0.2, -0.15) is 13.2 Å².